The van der Waals surface area contributed by atoms with E-state index in [0.29, 0.717) is 15.4 Å². The largest absolute Gasteiger partial charge is 0.476 e. The number of aromatic nitrogens is 1. The van der Waals surface area contributed by atoms with Crippen molar-refractivity contribution in [1.82, 2.24) is 4.98 Å². The summed E-state index contributed by atoms with van der Waals surface area (Å²) >= 11 is 0.824. The summed E-state index contributed by atoms with van der Waals surface area (Å²) in [5.74, 6) is -1.37. The molecule has 0 saturated heterocycles. The van der Waals surface area contributed by atoms with Crippen LogP contribution in [0.5, 0.6) is 0 Å². The number of anilines is 2. The van der Waals surface area contributed by atoms with Gasteiger partial charge in [0, 0.05) is 0 Å². The van der Waals surface area contributed by atoms with Crippen molar-refractivity contribution >= 4 is 38.3 Å². The molecule has 0 amide bonds. The van der Waals surface area contributed by atoms with Crippen LogP contribution in [-0.2, 0) is 10.3 Å². The second-order valence-corrected chi connectivity index (χ2v) is 6.89. The van der Waals surface area contributed by atoms with Gasteiger partial charge in [0.2, 0.25) is 0 Å². The minimum absolute atomic E-state index is 0.162. The molecule has 0 saturated carbocycles. The summed E-state index contributed by atoms with van der Waals surface area (Å²) in [6, 6.07) is 3.50. The van der Waals surface area contributed by atoms with Gasteiger partial charge in [0.1, 0.15) is 5.00 Å². The van der Waals surface area contributed by atoms with Crippen LogP contribution in [0.25, 0.3) is 0 Å². The van der Waals surface area contributed by atoms with Crippen molar-refractivity contribution in [3.8, 4) is 0 Å². The lowest BCUT2D eigenvalue weighted by Gasteiger charge is -2.23. The van der Waals surface area contributed by atoms with Gasteiger partial charge in [-0.15, -0.1) is 11.3 Å². The van der Waals surface area contributed by atoms with E-state index in [1.165, 1.54) is 5.51 Å². The Morgan fingerprint density at radius 1 is 1.23 bits per heavy atom. The summed E-state index contributed by atoms with van der Waals surface area (Å²) in [4.78, 5) is 14.9. The molecule has 0 spiro atoms. The van der Waals surface area contributed by atoms with Gasteiger partial charge in [-0.1, -0.05) is 17.7 Å². The van der Waals surface area contributed by atoms with Gasteiger partial charge in [-0.05, 0) is 31.9 Å². The molecule has 7 nitrogen and oxygen atoms in total. The van der Waals surface area contributed by atoms with Gasteiger partial charge in [-0.3, -0.25) is 4.55 Å². The SMILES string of the molecule is Cc1cc(C)c(N(c2scnc2C(=O)O)S(=O)(=O)O)c(C)c1. The van der Waals surface area contributed by atoms with E-state index >= 15 is 0 Å². The van der Waals surface area contributed by atoms with Gasteiger partial charge in [0.05, 0.1) is 11.2 Å². The highest BCUT2D eigenvalue weighted by atomic mass is 32.2. The van der Waals surface area contributed by atoms with Crippen molar-refractivity contribution in [2.75, 3.05) is 4.31 Å². The molecule has 22 heavy (non-hydrogen) atoms. The highest BCUT2D eigenvalue weighted by molar-refractivity contribution is 7.87. The summed E-state index contributed by atoms with van der Waals surface area (Å²) in [5, 5.41) is 8.98. The number of carboxylic acid groups (broad SMARTS) is 1. The molecule has 9 heteroatoms. The fraction of sp³-hybridized carbons (Fsp3) is 0.231. The van der Waals surface area contributed by atoms with Gasteiger partial charge in [0.25, 0.3) is 0 Å². The van der Waals surface area contributed by atoms with Crippen LogP contribution in [0, 0.1) is 20.8 Å². The van der Waals surface area contributed by atoms with Crippen LogP contribution in [0.1, 0.15) is 27.2 Å². The Bertz CT molecular complexity index is 819. The molecular formula is C13H14N2O5S2. The first-order valence-corrected chi connectivity index (χ1v) is 8.43. The Kier molecular flexibility index (Phi) is 4.23. The van der Waals surface area contributed by atoms with Gasteiger partial charge in [-0.25, -0.2) is 14.1 Å². The monoisotopic (exact) mass is 342 g/mol. The molecule has 2 N–H and O–H groups in total. The number of carboxylic acids is 1. The van der Waals surface area contributed by atoms with Crippen molar-refractivity contribution in [3.63, 3.8) is 0 Å². The summed E-state index contributed by atoms with van der Waals surface area (Å²) in [7, 11) is -4.71. The van der Waals surface area contributed by atoms with Crippen LogP contribution in [-0.4, -0.2) is 29.0 Å². The number of benzene rings is 1. The summed E-state index contributed by atoms with van der Waals surface area (Å²) in [6.07, 6.45) is 0. The average molecular weight is 342 g/mol. The molecule has 0 fully saturated rings. The first kappa shape index (κ1) is 16.4. The molecular weight excluding hydrogens is 328 g/mol. The normalized spacial score (nSPS) is 11.5. The Balaban J connectivity index is 2.79. The maximum Gasteiger partial charge on any atom is 0.365 e. The Morgan fingerprint density at radius 2 is 1.77 bits per heavy atom. The van der Waals surface area contributed by atoms with Gasteiger partial charge < -0.3 is 5.11 Å². The zero-order chi connectivity index (χ0) is 16.7. The highest BCUT2D eigenvalue weighted by Gasteiger charge is 2.31. The van der Waals surface area contributed by atoms with Crippen molar-refractivity contribution in [2.24, 2.45) is 0 Å². The number of carbonyl (C=O) groups is 1. The third kappa shape index (κ3) is 2.96. The maximum absolute atomic E-state index is 11.9. The van der Waals surface area contributed by atoms with Crippen LogP contribution in [0.4, 0.5) is 10.7 Å². The standard InChI is InChI=1S/C13H14N2O5S2/c1-7-4-8(2)11(9(3)5-7)15(22(18,19)20)12-10(13(16)17)14-6-21-12/h4-6H,1-3H3,(H,16,17)(H,18,19,20). The van der Waals surface area contributed by atoms with Crippen molar-refractivity contribution in [1.29, 1.82) is 0 Å². The summed E-state index contributed by atoms with van der Waals surface area (Å²) < 4.78 is 34.0. The summed E-state index contributed by atoms with van der Waals surface area (Å²) in [6.45, 7) is 5.24. The van der Waals surface area contributed by atoms with Crippen LogP contribution < -0.4 is 4.31 Å². The van der Waals surface area contributed by atoms with E-state index in [1.54, 1.807) is 26.0 Å². The Hall–Kier alpha value is -1.97. The van der Waals surface area contributed by atoms with Crippen molar-refractivity contribution in [2.45, 2.75) is 20.8 Å². The van der Waals surface area contributed by atoms with E-state index in [9.17, 15) is 17.8 Å². The Labute approximate surface area is 131 Å². The minimum atomic E-state index is -4.71. The molecule has 0 aliphatic heterocycles. The van der Waals surface area contributed by atoms with E-state index in [0.717, 1.165) is 16.9 Å². The van der Waals surface area contributed by atoms with Crippen LogP contribution in [0.15, 0.2) is 17.6 Å². The number of aryl methyl sites for hydroxylation is 3. The smallest absolute Gasteiger partial charge is 0.365 e. The minimum Gasteiger partial charge on any atom is -0.476 e. The van der Waals surface area contributed by atoms with Crippen molar-refractivity contribution < 1.29 is 22.9 Å². The molecule has 2 aromatic rings. The number of thiazole rings is 1. The quantitative estimate of drug-likeness (QED) is 0.827. The van der Waals surface area contributed by atoms with Crippen LogP contribution in [0.2, 0.25) is 0 Å². The van der Waals surface area contributed by atoms with E-state index in [1.807, 2.05) is 6.92 Å². The molecule has 1 aromatic heterocycles. The topological polar surface area (TPSA) is 108 Å². The third-order valence-corrected chi connectivity index (χ3v) is 4.76. The van der Waals surface area contributed by atoms with E-state index in [-0.39, 0.29) is 10.7 Å². The number of hydrogen-bond acceptors (Lipinski definition) is 5. The first-order chi connectivity index (χ1) is 10.1. The van der Waals surface area contributed by atoms with Crippen LogP contribution in [0.3, 0.4) is 0 Å². The molecule has 1 heterocycles. The molecule has 2 rings (SSSR count). The lowest BCUT2D eigenvalue weighted by atomic mass is 10.1. The average Bonchev–Trinajstić information content (AvgIpc) is 2.80. The van der Waals surface area contributed by atoms with Gasteiger partial charge in [0.15, 0.2) is 5.69 Å². The molecule has 0 aliphatic rings. The number of aromatic carboxylic acids is 1. The lowest BCUT2D eigenvalue weighted by Crippen LogP contribution is -2.27. The lowest BCUT2D eigenvalue weighted by molar-refractivity contribution is 0.0692. The molecule has 118 valence electrons. The summed E-state index contributed by atoms with van der Waals surface area (Å²) in [5.41, 5.74) is 3.13. The molecule has 1 aromatic carbocycles. The molecule has 0 radical (unpaired) electrons. The fourth-order valence-electron chi connectivity index (χ4n) is 2.35. The zero-order valence-corrected chi connectivity index (χ0v) is 13.7. The Morgan fingerprint density at radius 3 is 2.23 bits per heavy atom. The molecule has 0 aliphatic carbocycles. The van der Waals surface area contributed by atoms with Gasteiger partial charge in [-0.2, -0.15) is 8.42 Å². The first-order valence-electron chi connectivity index (χ1n) is 6.15. The van der Waals surface area contributed by atoms with Crippen molar-refractivity contribution in [3.05, 3.63) is 40.0 Å². The molecule has 0 unspecified atom stereocenters. The van der Waals surface area contributed by atoms with E-state index in [4.69, 9.17) is 5.11 Å². The van der Waals surface area contributed by atoms with E-state index in [2.05, 4.69) is 4.98 Å². The highest BCUT2D eigenvalue weighted by Crippen LogP contribution is 2.38. The number of rotatable bonds is 4. The second-order valence-electron chi connectivity index (χ2n) is 4.80. The third-order valence-electron chi connectivity index (χ3n) is 3.00. The fourth-order valence-corrected chi connectivity index (χ4v) is 4.27. The molecule has 0 bridgehead atoms. The van der Waals surface area contributed by atoms with E-state index < -0.39 is 22.0 Å². The zero-order valence-electron chi connectivity index (χ0n) is 12.1. The van der Waals surface area contributed by atoms with Crippen LogP contribution >= 0.6 is 11.3 Å². The number of hydrogen-bond donors (Lipinski definition) is 2. The number of nitrogens with zero attached hydrogens (tertiary/aromatic N) is 2. The second kappa shape index (κ2) is 5.67. The van der Waals surface area contributed by atoms with Gasteiger partial charge >= 0.3 is 16.3 Å². The maximum atomic E-state index is 11.9. The predicted molar refractivity (Wildman–Crippen MR) is 83.4 cm³/mol. The predicted octanol–water partition coefficient (Wildman–Crippen LogP) is 2.71. The molecule has 0 atom stereocenters.